The number of nitrogens with two attached hydrogens (primary N) is 2. The van der Waals surface area contributed by atoms with E-state index in [9.17, 15) is 16.8 Å². The molecular formula is C23H28N2O4S2. The summed E-state index contributed by atoms with van der Waals surface area (Å²) in [6.45, 7) is 2.05. The first-order chi connectivity index (χ1) is 14.3. The summed E-state index contributed by atoms with van der Waals surface area (Å²) in [7, 11) is -6.52. The maximum absolute atomic E-state index is 11.7. The Hall–Kier alpha value is -2.42. The molecule has 0 saturated heterocycles. The van der Waals surface area contributed by atoms with Crippen LogP contribution in [-0.2, 0) is 32.5 Å². The molecule has 0 radical (unpaired) electrons. The van der Waals surface area contributed by atoms with Crippen LogP contribution in [0.1, 0.15) is 18.1 Å². The van der Waals surface area contributed by atoms with Gasteiger partial charge in [0.25, 0.3) is 0 Å². The molecule has 4 N–H and O–H groups in total. The molecule has 2 aromatic rings. The van der Waals surface area contributed by atoms with Crippen LogP contribution in [0.2, 0.25) is 0 Å². The van der Waals surface area contributed by atoms with Crippen LogP contribution in [0.3, 0.4) is 0 Å². The van der Waals surface area contributed by atoms with Crippen LogP contribution in [0.5, 0.6) is 0 Å². The van der Waals surface area contributed by atoms with Crippen LogP contribution in [0.4, 0.5) is 0 Å². The third-order valence-corrected chi connectivity index (χ3v) is 8.17. The molecule has 31 heavy (non-hydrogen) atoms. The molecule has 0 aliphatic heterocycles. The fourth-order valence-corrected chi connectivity index (χ4v) is 5.18. The van der Waals surface area contributed by atoms with E-state index in [1.54, 1.807) is 48.5 Å². The van der Waals surface area contributed by atoms with Crippen LogP contribution >= 0.6 is 0 Å². The molecule has 0 spiro atoms. The van der Waals surface area contributed by atoms with Gasteiger partial charge in [0.15, 0.2) is 19.7 Å². The molecule has 0 saturated carbocycles. The molecule has 0 aromatic heterocycles. The second-order valence-electron chi connectivity index (χ2n) is 8.42. The average Bonchev–Trinajstić information content (AvgIpc) is 2.68. The summed E-state index contributed by atoms with van der Waals surface area (Å²) in [5, 5.41) is 0. The third kappa shape index (κ3) is 5.08. The van der Waals surface area contributed by atoms with E-state index in [0.717, 1.165) is 16.7 Å². The maximum atomic E-state index is 11.7. The predicted molar refractivity (Wildman–Crippen MR) is 123 cm³/mol. The number of hydrogen-bond acceptors (Lipinski definition) is 6. The molecule has 1 aliphatic rings. The van der Waals surface area contributed by atoms with Crippen LogP contribution in [-0.4, -0.2) is 35.4 Å². The molecular weight excluding hydrogens is 432 g/mol. The molecule has 2 unspecified atom stereocenters. The van der Waals surface area contributed by atoms with Crippen LogP contribution in [0.25, 0.3) is 0 Å². The smallest absolute Gasteiger partial charge is 0.175 e. The van der Waals surface area contributed by atoms with Gasteiger partial charge in [-0.25, -0.2) is 16.8 Å². The van der Waals surface area contributed by atoms with Crippen molar-refractivity contribution in [1.29, 1.82) is 0 Å². The lowest BCUT2D eigenvalue weighted by atomic mass is 9.67. The minimum atomic E-state index is -3.26. The van der Waals surface area contributed by atoms with Crippen molar-refractivity contribution in [3.8, 4) is 0 Å². The Morgan fingerprint density at radius 2 is 1.29 bits per heavy atom. The number of sulfone groups is 2. The van der Waals surface area contributed by atoms with E-state index in [-0.39, 0.29) is 15.8 Å². The zero-order chi connectivity index (χ0) is 23.0. The molecule has 0 heterocycles. The Morgan fingerprint density at radius 1 is 0.839 bits per heavy atom. The quantitative estimate of drug-likeness (QED) is 0.683. The summed E-state index contributed by atoms with van der Waals surface area (Å²) in [5.41, 5.74) is 15.9. The third-order valence-electron chi connectivity index (χ3n) is 5.91. The first-order valence-corrected chi connectivity index (χ1v) is 13.6. The number of benzene rings is 2. The van der Waals surface area contributed by atoms with E-state index in [1.165, 1.54) is 12.5 Å². The van der Waals surface area contributed by atoms with Crippen molar-refractivity contribution in [1.82, 2.24) is 0 Å². The van der Waals surface area contributed by atoms with Gasteiger partial charge in [0, 0.05) is 29.7 Å². The van der Waals surface area contributed by atoms with Crippen LogP contribution in [0, 0.1) is 5.41 Å². The van der Waals surface area contributed by atoms with E-state index in [1.807, 2.05) is 12.2 Å². The van der Waals surface area contributed by atoms with Crippen LogP contribution < -0.4 is 11.5 Å². The molecule has 3 rings (SSSR count). The standard InChI is InChI=1S/C23H28N2O4S2/c1-23(15-17-6-10-19(11-7-17)31(3,28)29)20(21(24)12-13-22(23)25)14-16-4-8-18(9-5-16)30(2,26)27/h4-13,22H,14-15,24-25H2,1-3H3. The lowest BCUT2D eigenvalue weighted by Crippen LogP contribution is -2.44. The maximum Gasteiger partial charge on any atom is 0.175 e. The molecule has 0 bridgehead atoms. The fraction of sp³-hybridized carbons (Fsp3) is 0.304. The van der Waals surface area contributed by atoms with Crippen molar-refractivity contribution >= 4 is 19.7 Å². The van der Waals surface area contributed by atoms with Gasteiger partial charge in [0.05, 0.1) is 9.79 Å². The number of allylic oxidation sites excluding steroid dienone is 1. The molecule has 2 atom stereocenters. The van der Waals surface area contributed by atoms with Crippen molar-refractivity contribution in [2.75, 3.05) is 12.5 Å². The van der Waals surface area contributed by atoms with Crippen molar-refractivity contribution in [3.63, 3.8) is 0 Å². The van der Waals surface area contributed by atoms with E-state index in [4.69, 9.17) is 11.5 Å². The second-order valence-corrected chi connectivity index (χ2v) is 12.5. The molecule has 8 heteroatoms. The van der Waals surface area contributed by atoms with Gasteiger partial charge in [-0.15, -0.1) is 0 Å². The first-order valence-electron chi connectivity index (χ1n) is 9.81. The highest BCUT2D eigenvalue weighted by Crippen LogP contribution is 2.40. The van der Waals surface area contributed by atoms with Crippen molar-refractivity contribution in [2.45, 2.75) is 35.6 Å². The predicted octanol–water partition coefficient (Wildman–Crippen LogP) is 2.40. The Balaban J connectivity index is 1.93. The topological polar surface area (TPSA) is 120 Å². The van der Waals surface area contributed by atoms with Gasteiger partial charge in [-0.05, 0) is 59.9 Å². The molecule has 6 nitrogen and oxygen atoms in total. The van der Waals surface area contributed by atoms with Gasteiger partial charge < -0.3 is 11.5 Å². The van der Waals surface area contributed by atoms with E-state index in [2.05, 4.69) is 6.92 Å². The zero-order valence-electron chi connectivity index (χ0n) is 17.9. The van der Waals surface area contributed by atoms with Gasteiger partial charge in [-0.2, -0.15) is 0 Å². The number of hydrogen-bond donors (Lipinski definition) is 2. The summed E-state index contributed by atoms with van der Waals surface area (Å²) >= 11 is 0. The molecule has 0 amide bonds. The lowest BCUT2D eigenvalue weighted by molar-refractivity contribution is 0.336. The summed E-state index contributed by atoms with van der Waals surface area (Å²) in [6, 6.07) is 13.3. The van der Waals surface area contributed by atoms with E-state index >= 15 is 0 Å². The summed E-state index contributed by atoms with van der Waals surface area (Å²) < 4.78 is 46.9. The highest BCUT2D eigenvalue weighted by Gasteiger charge is 2.38. The minimum absolute atomic E-state index is 0.271. The van der Waals surface area contributed by atoms with E-state index in [0.29, 0.717) is 18.5 Å². The molecule has 1 aliphatic carbocycles. The largest absolute Gasteiger partial charge is 0.399 e. The van der Waals surface area contributed by atoms with Gasteiger partial charge in [-0.3, -0.25) is 0 Å². The molecule has 0 fully saturated rings. The van der Waals surface area contributed by atoms with Crippen molar-refractivity contribution in [3.05, 3.63) is 83.1 Å². The average molecular weight is 461 g/mol. The summed E-state index contributed by atoms with van der Waals surface area (Å²) in [5.74, 6) is 0. The first kappa shape index (κ1) is 23.2. The Kier molecular flexibility index (Phi) is 6.19. The van der Waals surface area contributed by atoms with Gasteiger partial charge >= 0.3 is 0 Å². The Bertz CT molecular complexity index is 1240. The van der Waals surface area contributed by atoms with Gasteiger partial charge in [0.2, 0.25) is 0 Å². The summed E-state index contributed by atoms with van der Waals surface area (Å²) in [6.07, 6.45) is 7.18. The van der Waals surface area contributed by atoms with Crippen LogP contribution in [0.15, 0.2) is 81.7 Å². The number of rotatable bonds is 6. The van der Waals surface area contributed by atoms with Gasteiger partial charge in [-0.1, -0.05) is 37.3 Å². The Morgan fingerprint density at radius 3 is 1.74 bits per heavy atom. The normalized spacial score (nSPS) is 22.0. The zero-order valence-corrected chi connectivity index (χ0v) is 19.5. The monoisotopic (exact) mass is 460 g/mol. The van der Waals surface area contributed by atoms with Crippen molar-refractivity contribution < 1.29 is 16.8 Å². The minimum Gasteiger partial charge on any atom is -0.399 e. The fourth-order valence-electron chi connectivity index (χ4n) is 3.92. The lowest BCUT2D eigenvalue weighted by Gasteiger charge is -2.40. The van der Waals surface area contributed by atoms with Gasteiger partial charge in [0.1, 0.15) is 0 Å². The Labute approximate surface area is 184 Å². The molecule has 166 valence electrons. The molecule has 2 aromatic carbocycles. The SMILES string of the molecule is CC1(Cc2ccc(S(C)(=O)=O)cc2)C(Cc2ccc(S(C)(=O)=O)cc2)=C(N)C=CC1N. The van der Waals surface area contributed by atoms with E-state index < -0.39 is 25.1 Å². The summed E-state index contributed by atoms with van der Waals surface area (Å²) in [4.78, 5) is 0.544. The highest BCUT2D eigenvalue weighted by atomic mass is 32.2. The second kappa shape index (κ2) is 8.26. The highest BCUT2D eigenvalue weighted by molar-refractivity contribution is 7.91. The van der Waals surface area contributed by atoms with Crippen molar-refractivity contribution in [2.24, 2.45) is 16.9 Å².